The summed E-state index contributed by atoms with van der Waals surface area (Å²) in [5.41, 5.74) is 1.09. The lowest BCUT2D eigenvalue weighted by Gasteiger charge is -2.15. The minimum absolute atomic E-state index is 0.254. The van der Waals surface area contributed by atoms with Crippen LogP contribution in [0.3, 0.4) is 0 Å². The van der Waals surface area contributed by atoms with Crippen LogP contribution in [0.15, 0.2) is 54.6 Å². The second kappa shape index (κ2) is 4.88. The number of phenolic OH excluding ortho intramolecular Hbond substituents is 2. The molecular formula is C21H18O2. The van der Waals surface area contributed by atoms with Crippen LogP contribution in [0.4, 0.5) is 0 Å². The van der Waals surface area contributed by atoms with E-state index in [2.05, 4.69) is 13.8 Å². The van der Waals surface area contributed by atoms with E-state index >= 15 is 0 Å². The van der Waals surface area contributed by atoms with Crippen LogP contribution >= 0.6 is 0 Å². The molecule has 0 saturated heterocycles. The molecule has 4 rings (SSSR count). The molecule has 0 spiro atoms. The van der Waals surface area contributed by atoms with E-state index in [0.29, 0.717) is 5.92 Å². The molecule has 0 heterocycles. The third kappa shape index (κ3) is 1.95. The summed E-state index contributed by atoms with van der Waals surface area (Å²) in [5, 5.41) is 26.7. The lowest BCUT2D eigenvalue weighted by Crippen LogP contribution is -1.91. The average molecular weight is 302 g/mol. The fraction of sp³-hybridized carbons (Fsp3) is 0.143. The van der Waals surface area contributed by atoms with E-state index in [9.17, 15) is 10.2 Å². The highest BCUT2D eigenvalue weighted by Crippen LogP contribution is 2.43. The number of hydrogen-bond donors (Lipinski definition) is 2. The molecule has 4 aromatic rings. The van der Waals surface area contributed by atoms with Gasteiger partial charge in [-0.05, 0) is 45.2 Å². The Hall–Kier alpha value is -2.74. The number of hydrogen-bond acceptors (Lipinski definition) is 2. The highest BCUT2D eigenvalue weighted by molar-refractivity contribution is 6.21. The maximum Gasteiger partial charge on any atom is 0.124 e. The summed E-state index contributed by atoms with van der Waals surface area (Å²) in [6.45, 7) is 4.22. The van der Waals surface area contributed by atoms with Crippen LogP contribution in [0.1, 0.15) is 25.3 Å². The molecule has 0 aromatic heterocycles. The van der Waals surface area contributed by atoms with E-state index in [1.807, 2.05) is 42.5 Å². The fourth-order valence-electron chi connectivity index (χ4n) is 3.55. The van der Waals surface area contributed by atoms with Gasteiger partial charge < -0.3 is 10.2 Å². The molecule has 2 heteroatoms. The molecule has 0 bridgehead atoms. The van der Waals surface area contributed by atoms with Crippen molar-refractivity contribution in [3.05, 3.63) is 60.2 Å². The Bertz CT molecular complexity index is 1060. The summed E-state index contributed by atoms with van der Waals surface area (Å²) in [6.07, 6.45) is 0. The number of phenols is 2. The van der Waals surface area contributed by atoms with Gasteiger partial charge in [0.1, 0.15) is 11.5 Å². The van der Waals surface area contributed by atoms with Gasteiger partial charge in [-0.1, -0.05) is 56.3 Å². The summed E-state index contributed by atoms with van der Waals surface area (Å²) < 4.78 is 0. The molecule has 0 saturated carbocycles. The lowest BCUT2D eigenvalue weighted by atomic mass is 9.90. The lowest BCUT2D eigenvalue weighted by molar-refractivity contribution is 0.480. The molecule has 0 atom stereocenters. The molecule has 0 aliphatic carbocycles. The van der Waals surface area contributed by atoms with Crippen molar-refractivity contribution in [3.63, 3.8) is 0 Å². The number of rotatable bonds is 1. The van der Waals surface area contributed by atoms with Crippen molar-refractivity contribution in [1.29, 1.82) is 0 Å². The monoisotopic (exact) mass is 302 g/mol. The summed E-state index contributed by atoms with van der Waals surface area (Å²) in [6, 6.07) is 17.5. The Morgan fingerprint density at radius 2 is 1.39 bits per heavy atom. The summed E-state index contributed by atoms with van der Waals surface area (Å²) in [7, 11) is 0. The van der Waals surface area contributed by atoms with Crippen LogP contribution < -0.4 is 0 Å². The van der Waals surface area contributed by atoms with E-state index < -0.39 is 0 Å². The van der Waals surface area contributed by atoms with Gasteiger partial charge in [0.05, 0.1) is 0 Å². The molecule has 4 aromatic carbocycles. The van der Waals surface area contributed by atoms with Gasteiger partial charge in [-0.15, -0.1) is 0 Å². The first kappa shape index (κ1) is 13.9. The van der Waals surface area contributed by atoms with Gasteiger partial charge in [0, 0.05) is 10.8 Å². The van der Waals surface area contributed by atoms with Gasteiger partial charge in [-0.2, -0.15) is 0 Å². The predicted octanol–water partition coefficient (Wildman–Crippen LogP) is 5.68. The zero-order valence-electron chi connectivity index (χ0n) is 13.2. The first-order valence-corrected chi connectivity index (χ1v) is 7.87. The topological polar surface area (TPSA) is 40.5 Å². The molecule has 2 N–H and O–H groups in total. The Morgan fingerprint density at radius 1 is 0.696 bits per heavy atom. The molecule has 0 fully saturated rings. The number of aromatic hydroxyl groups is 2. The zero-order chi connectivity index (χ0) is 16.1. The van der Waals surface area contributed by atoms with Crippen LogP contribution in [0, 0.1) is 0 Å². The minimum atomic E-state index is 0.254. The van der Waals surface area contributed by atoms with Gasteiger partial charge in [0.2, 0.25) is 0 Å². The number of benzene rings is 4. The van der Waals surface area contributed by atoms with Gasteiger partial charge >= 0.3 is 0 Å². The van der Waals surface area contributed by atoms with Crippen LogP contribution in [0.2, 0.25) is 0 Å². The highest BCUT2D eigenvalue weighted by Gasteiger charge is 2.16. The van der Waals surface area contributed by atoms with Crippen molar-refractivity contribution >= 4 is 32.3 Å². The smallest absolute Gasteiger partial charge is 0.124 e. The molecule has 2 nitrogen and oxygen atoms in total. The Morgan fingerprint density at radius 3 is 2.17 bits per heavy atom. The fourth-order valence-corrected chi connectivity index (χ4v) is 3.55. The molecule has 23 heavy (non-hydrogen) atoms. The maximum atomic E-state index is 10.7. The molecule has 0 unspecified atom stereocenters. The predicted molar refractivity (Wildman–Crippen MR) is 96.4 cm³/mol. The van der Waals surface area contributed by atoms with Gasteiger partial charge in [0.15, 0.2) is 0 Å². The highest BCUT2D eigenvalue weighted by atomic mass is 16.3. The summed E-state index contributed by atoms with van der Waals surface area (Å²) in [4.78, 5) is 0. The maximum absolute atomic E-state index is 10.7. The first-order chi connectivity index (χ1) is 11.1. The first-order valence-electron chi connectivity index (χ1n) is 7.87. The quantitative estimate of drug-likeness (QED) is 0.444. The van der Waals surface area contributed by atoms with E-state index in [1.165, 1.54) is 0 Å². The third-order valence-corrected chi connectivity index (χ3v) is 4.59. The van der Waals surface area contributed by atoms with Crippen molar-refractivity contribution in [1.82, 2.24) is 0 Å². The second-order valence-electron chi connectivity index (χ2n) is 6.36. The van der Waals surface area contributed by atoms with Crippen molar-refractivity contribution in [2.24, 2.45) is 0 Å². The van der Waals surface area contributed by atoms with Gasteiger partial charge in [0.25, 0.3) is 0 Å². The second-order valence-corrected chi connectivity index (χ2v) is 6.36. The molecular weight excluding hydrogens is 284 g/mol. The van der Waals surface area contributed by atoms with E-state index in [-0.39, 0.29) is 11.5 Å². The normalized spacial score (nSPS) is 11.8. The molecule has 0 aliphatic heterocycles. The SMILES string of the molecule is CC(C)c1cccc2c1c(O)cc1c3ccccc3cc(O)c21. The largest absolute Gasteiger partial charge is 0.507 e. The number of fused-ring (bicyclic) bond motifs is 5. The molecule has 0 radical (unpaired) electrons. The molecule has 114 valence electrons. The third-order valence-electron chi connectivity index (χ3n) is 4.59. The van der Waals surface area contributed by atoms with Crippen molar-refractivity contribution in [2.75, 3.05) is 0 Å². The Labute approximate surface area is 134 Å². The summed E-state index contributed by atoms with van der Waals surface area (Å²) >= 11 is 0. The Kier molecular flexibility index (Phi) is 2.95. The van der Waals surface area contributed by atoms with Crippen LogP contribution in [0.5, 0.6) is 11.5 Å². The van der Waals surface area contributed by atoms with Crippen molar-refractivity contribution in [2.45, 2.75) is 19.8 Å². The zero-order valence-corrected chi connectivity index (χ0v) is 13.2. The van der Waals surface area contributed by atoms with E-state index in [1.54, 1.807) is 12.1 Å². The van der Waals surface area contributed by atoms with Crippen LogP contribution in [-0.2, 0) is 0 Å². The Balaban J connectivity index is 2.31. The standard InChI is InChI=1S/C21H18O2/c1-12(2)14-8-5-9-16-20(14)19(23)11-17-15-7-4-3-6-13(15)10-18(22)21(16)17/h3-12,22-23H,1-2H3. The van der Waals surface area contributed by atoms with Crippen molar-refractivity contribution in [3.8, 4) is 11.5 Å². The van der Waals surface area contributed by atoms with Crippen LogP contribution in [0.25, 0.3) is 32.3 Å². The summed E-state index contributed by atoms with van der Waals surface area (Å²) in [5.74, 6) is 0.821. The molecule has 0 aliphatic rings. The minimum Gasteiger partial charge on any atom is -0.507 e. The average Bonchev–Trinajstić information content (AvgIpc) is 2.54. The van der Waals surface area contributed by atoms with Crippen molar-refractivity contribution < 1.29 is 10.2 Å². The van der Waals surface area contributed by atoms with Gasteiger partial charge in [-0.25, -0.2) is 0 Å². The van der Waals surface area contributed by atoms with E-state index in [0.717, 1.165) is 37.9 Å². The van der Waals surface area contributed by atoms with Crippen LogP contribution in [-0.4, -0.2) is 10.2 Å². The van der Waals surface area contributed by atoms with Gasteiger partial charge in [-0.3, -0.25) is 0 Å². The van der Waals surface area contributed by atoms with E-state index in [4.69, 9.17) is 0 Å². The molecule has 0 amide bonds.